The summed E-state index contributed by atoms with van der Waals surface area (Å²) in [6.07, 6.45) is 0. The lowest BCUT2D eigenvalue weighted by Crippen LogP contribution is -2.63. The predicted molar refractivity (Wildman–Crippen MR) is 75.5 cm³/mol. The van der Waals surface area contributed by atoms with Gasteiger partial charge in [0.2, 0.25) is 0 Å². The van der Waals surface area contributed by atoms with Crippen LogP contribution in [-0.4, -0.2) is 61.0 Å². The van der Waals surface area contributed by atoms with Crippen LogP contribution in [0, 0.1) is 5.82 Å². The highest BCUT2D eigenvalue weighted by Gasteiger charge is 2.36. The molecule has 108 valence electrons. The van der Waals surface area contributed by atoms with Gasteiger partial charge in [-0.05, 0) is 18.2 Å². The van der Waals surface area contributed by atoms with Gasteiger partial charge in [0.1, 0.15) is 5.82 Å². The molecule has 20 heavy (non-hydrogen) atoms. The smallest absolute Gasteiger partial charge is 0.256 e. The summed E-state index contributed by atoms with van der Waals surface area (Å²) in [5.41, 5.74) is 0.105. The van der Waals surface area contributed by atoms with Crippen LogP contribution < -0.4 is 5.32 Å². The van der Waals surface area contributed by atoms with E-state index in [2.05, 4.69) is 10.2 Å². The molecule has 0 radical (unpaired) electrons. The quantitative estimate of drug-likeness (QED) is 0.891. The second-order valence-electron chi connectivity index (χ2n) is 5.27. The molecule has 1 amide bonds. The van der Waals surface area contributed by atoms with E-state index in [1.54, 1.807) is 11.0 Å². The van der Waals surface area contributed by atoms with Crippen LogP contribution in [0.15, 0.2) is 18.2 Å². The van der Waals surface area contributed by atoms with E-state index in [-0.39, 0.29) is 11.5 Å². The molecule has 4 nitrogen and oxygen atoms in total. The number of halogens is 2. The molecule has 2 fully saturated rings. The number of nitrogens with one attached hydrogen (secondary N) is 1. The third kappa shape index (κ3) is 2.66. The average molecular weight is 298 g/mol. The molecule has 0 unspecified atom stereocenters. The van der Waals surface area contributed by atoms with E-state index in [0.29, 0.717) is 24.2 Å². The molecular weight excluding hydrogens is 281 g/mol. The number of nitrogens with zero attached hydrogens (tertiary/aromatic N) is 2. The first kappa shape index (κ1) is 13.8. The van der Waals surface area contributed by atoms with Crippen molar-refractivity contribution in [3.05, 3.63) is 34.6 Å². The third-order valence-corrected chi connectivity index (χ3v) is 4.21. The zero-order valence-corrected chi connectivity index (χ0v) is 11.9. The lowest BCUT2D eigenvalue weighted by atomic mass is 10.0. The standard InChI is InChI=1S/C14H17ClFN3O/c15-10-1-2-12(13(16)7-10)14(20)19-8-11(9-19)18-5-3-17-4-6-18/h1-2,7,11,17H,3-6,8-9H2. The Morgan fingerprint density at radius 3 is 2.65 bits per heavy atom. The predicted octanol–water partition coefficient (Wildman–Crippen LogP) is 1.21. The first-order valence-corrected chi connectivity index (χ1v) is 7.22. The summed E-state index contributed by atoms with van der Waals surface area (Å²) < 4.78 is 13.7. The summed E-state index contributed by atoms with van der Waals surface area (Å²) in [6.45, 7) is 5.39. The molecule has 0 aromatic heterocycles. The maximum absolute atomic E-state index is 13.7. The number of benzene rings is 1. The van der Waals surface area contributed by atoms with E-state index in [4.69, 9.17) is 11.6 Å². The van der Waals surface area contributed by atoms with Gasteiger partial charge in [-0.2, -0.15) is 0 Å². The zero-order chi connectivity index (χ0) is 14.1. The zero-order valence-electron chi connectivity index (χ0n) is 11.1. The van der Waals surface area contributed by atoms with Crippen molar-refractivity contribution >= 4 is 17.5 Å². The Morgan fingerprint density at radius 1 is 1.30 bits per heavy atom. The fourth-order valence-corrected chi connectivity index (χ4v) is 2.89. The highest BCUT2D eigenvalue weighted by Crippen LogP contribution is 2.21. The second-order valence-corrected chi connectivity index (χ2v) is 5.71. The molecule has 1 aromatic rings. The minimum Gasteiger partial charge on any atom is -0.335 e. The summed E-state index contributed by atoms with van der Waals surface area (Å²) in [5, 5.41) is 3.61. The van der Waals surface area contributed by atoms with Crippen LogP contribution in [0.25, 0.3) is 0 Å². The van der Waals surface area contributed by atoms with Gasteiger partial charge >= 0.3 is 0 Å². The molecule has 1 aromatic carbocycles. The number of amides is 1. The molecule has 2 saturated heterocycles. The van der Waals surface area contributed by atoms with Crippen molar-refractivity contribution < 1.29 is 9.18 Å². The summed E-state index contributed by atoms with van der Waals surface area (Å²) in [7, 11) is 0. The molecule has 0 atom stereocenters. The van der Waals surface area contributed by atoms with Gasteiger partial charge in [0.25, 0.3) is 5.91 Å². The highest BCUT2D eigenvalue weighted by atomic mass is 35.5. The number of hydrogen-bond acceptors (Lipinski definition) is 3. The summed E-state index contributed by atoms with van der Waals surface area (Å²) in [6, 6.07) is 4.60. The molecule has 6 heteroatoms. The number of carbonyl (C=O) groups is 1. The molecule has 1 N–H and O–H groups in total. The van der Waals surface area contributed by atoms with Crippen LogP contribution in [0.3, 0.4) is 0 Å². The van der Waals surface area contributed by atoms with Gasteiger partial charge in [-0.25, -0.2) is 4.39 Å². The number of hydrogen-bond donors (Lipinski definition) is 1. The maximum Gasteiger partial charge on any atom is 0.256 e. The van der Waals surface area contributed by atoms with E-state index in [1.165, 1.54) is 12.1 Å². The lowest BCUT2D eigenvalue weighted by Gasteiger charge is -2.46. The van der Waals surface area contributed by atoms with Crippen molar-refractivity contribution in [3.63, 3.8) is 0 Å². The van der Waals surface area contributed by atoms with Gasteiger partial charge in [-0.3, -0.25) is 9.69 Å². The fourth-order valence-electron chi connectivity index (χ4n) is 2.73. The fraction of sp³-hybridized carbons (Fsp3) is 0.500. The highest BCUT2D eigenvalue weighted by molar-refractivity contribution is 6.30. The Hall–Kier alpha value is -1.17. The van der Waals surface area contributed by atoms with Gasteiger partial charge in [0.15, 0.2) is 0 Å². The van der Waals surface area contributed by atoms with Crippen LogP contribution >= 0.6 is 11.6 Å². The maximum atomic E-state index is 13.7. The molecule has 2 heterocycles. The molecule has 3 rings (SSSR count). The molecule has 2 aliphatic heterocycles. The molecule has 0 aliphatic carbocycles. The van der Waals surface area contributed by atoms with Crippen LogP contribution in [0.5, 0.6) is 0 Å². The van der Waals surface area contributed by atoms with Crippen molar-refractivity contribution in [3.8, 4) is 0 Å². The monoisotopic (exact) mass is 297 g/mol. The SMILES string of the molecule is O=C(c1ccc(Cl)cc1F)N1CC(N2CCNCC2)C1. The molecule has 0 spiro atoms. The number of rotatable bonds is 2. The first-order valence-electron chi connectivity index (χ1n) is 6.84. The van der Waals surface area contributed by atoms with Gasteiger partial charge in [-0.1, -0.05) is 11.6 Å². The van der Waals surface area contributed by atoms with Crippen LogP contribution in [0.2, 0.25) is 5.02 Å². The minimum absolute atomic E-state index is 0.105. The van der Waals surface area contributed by atoms with E-state index in [9.17, 15) is 9.18 Å². The largest absolute Gasteiger partial charge is 0.335 e. The number of likely N-dealkylation sites (tertiary alicyclic amines) is 1. The second kappa shape index (κ2) is 5.68. The lowest BCUT2D eigenvalue weighted by molar-refractivity contribution is 0.0224. The first-order chi connectivity index (χ1) is 9.65. The van der Waals surface area contributed by atoms with E-state index in [1.807, 2.05) is 0 Å². The summed E-state index contributed by atoms with van der Waals surface area (Å²) in [4.78, 5) is 16.3. The Morgan fingerprint density at radius 2 is 2.00 bits per heavy atom. The Kier molecular flexibility index (Phi) is 3.92. The average Bonchev–Trinajstić information content (AvgIpc) is 2.38. The number of carbonyl (C=O) groups excluding carboxylic acids is 1. The molecule has 0 saturated carbocycles. The molecular formula is C14H17ClFN3O. The van der Waals surface area contributed by atoms with Crippen LogP contribution in [0.1, 0.15) is 10.4 Å². The Balaban J connectivity index is 1.60. The van der Waals surface area contributed by atoms with E-state index in [0.717, 1.165) is 26.2 Å². The van der Waals surface area contributed by atoms with E-state index < -0.39 is 5.82 Å². The van der Waals surface area contributed by atoms with E-state index >= 15 is 0 Å². The van der Waals surface area contributed by atoms with Gasteiger partial charge in [0, 0.05) is 50.3 Å². The van der Waals surface area contributed by atoms with Crippen molar-refractivity contribution in [2.45, 2.75) is 6.04 Å². The summed E-state index contributed by atoms with van der Waals surface area (Å²) in [5.74, 6) is -0.793. The Labute approximate surface area is 122 Å². The Bertz CT molecular complexity index is 513. The van der Waals surface area contributed by atoms with Crippen molar-refractivity contribution in [2.24, 2.45) is 0 Å². The molecule has 2 aliphatic rings. The van der Waals surface area contributed by atoms with Gasteiger partial charge in [-0.15, -0.1) is 0 Å². The van der Waals surface area contributed by atoms with Gasteiger partial charge < -0.3 is 10.2 Å². The van der Waals surface area contributed by atoms with Crippen LogP contribution in [0.4, 0.5) is 4.39 Å². The normalized spacial score (nSPS) is 20.8. The topological polar surface area (TPSA) is 35.6 Å². The van der Waals surface area contributed by atoms with Gasteiger partial charge in [0.05, 0.1) is 5.56 Å². The van der Waals surface area contributed by atoms with Crippen molar-refractivity contribution in [1.29, 1.82) is 0 Å². The van der Waals surface area contributed by atoms with Crippen LogP contribution in [-0.2, 0) is 0 Å². The minimum atomic E-state index is -0.548. The number of piperazine rings is 1. The van der Waals surface area contributed by atoms with Crippen molar-refractivity contribution in [2.75, 3.05) is 39.3 Å². The summed E-state index contributed by atoms with van der Waals surface area (Å²) >= 11 is 5.70. The van der Waals surface area contributed by atoms with Crippen molar-refractivity contribution in [1.82, 2.24) is 15.1 Å². The third-order valence-electron chi connectivity index (χ3n) is 3.98. The molecule has 0 bridgehead atoms.